The van der Waals surface area contributed by atoms with Gasteiger partial charge >= 0.3 is 5.97 Å². The number of carboxylic acids is 1. The molecule has 0 aliphatic carbocycles. The normalized spacial score (nSPS) is 12.6. The third-order valence-corrected chi connectivity index (χ3v) is 5.86. The molecule has 0 aromatic rings. The second kappa shape index (κ2) is 21.1. The van der Waals surface area contributed by atoms with Crippen LogP contribution in [0.2, 0.25) is 0 Å². The van der Waals surface area contributed by atoms with Gasteiger partial charge in [0.25, 0.3) is 0 Å². The Hall–Kier alpha value is -0.570. The molecule has 1 unspecified atom stereocenters. The molecule has 0 rings (SSSR count). The maximum absolute atomic E-state index is 10.6. The van der Waals surface area contributed by atoms with Crippen molar-refractivity contribution in [3.63, 3.8) is 0 Å². The first-order chi connectivity index (χ1) is 13.5. The number of hydrogen-bond donors (Lipinski definition) is 2. The van der Waals surface area contributed by atoms with Gasteiger partial charge < -0.3 is 10.8 Å². The van der Waals surface area contributed by atoms with Crippen LogP contribution in [0.1, 0.15) is 142 Å². The number of nitrogens with two attached hydrogens (primary N) is 1. The van der Waals surface area contributed by atoms with Gasteiger partial charge in [0.2, 0.25) is 0 Å². The van der Waals surface area contributed by atoms with Gasteiger partial charge in [0.05, 0.1) is 0 Å². The lowest BCUT2D eigenvalue weighted by Crippen LogP contribution is -2.29. The van der Waals surface area contributed by atoms with E-state index in [0.717, 1.165) is 18.8 Å². The van der Waals surface area contributed by atoms with Gasteiger partial charge in [-0.1, -0.05) is 136 Å². The smallest absolute Gasteiger partial charge is 0.320 e. The first kappa shape index (κ1) is 27.4. The fourth-order valence-electron chi connectivity index (χ4n) is 3.87. The maximum Gasteiger partial charge on any atom is 0.320 e. The van der Waals surface area contributed by atoms with E-state index in [-0.39, 0.29) is 0 Å². The summed E-state index contributed by atoms with van der Waals surface area (Å²) in [7, 11) is 0. The minimum Gasteiger partial charge on any atom is -0.480 e. The van der Waals surface area contributed by atoms with Crippen LogP contribution in [0.5, 0.6) is 0 Å². The van der Waals surface area contributed by atoms with Crippen LogP contribution in [0.4, 0.5) is 0 Å². The van der Waals surface area contributed by atoms with Crippen LogP contribution in [0.25, 0.3) is 0 Å². The van der Waals surface area contributed by atoms with Crippen molar-refractivity contribution in [1.29, 1.82) is 0 Å². The highest BCUT2D eigenvalue weighted by Gasteiger charge is 2.09. The van der Waals surface area contributed by atoms with E-state index in [2.05, 4.69) is 13.8 Å². The first-order valence-corrected chi connectivity index (χ1v) is 12.5. The van der Waals surface area contributed by atoms with Crippen LogP contribution in [0, 0.1) is 5.92 Å². The predicted molar refractivity (Wildman–Crippen MR) is 123 cm³/mol. The number of carboxylic acid groups (broad SMARTS) is 1. The second-order valence-corrected chi connectivity index (χ2v) is 9.28. The van der Waals surface area contributed by atoms with E-state index < -0.39 is 12.0 Å². The van der Waals surface area contributed by atoms with Crippen LogP contribution in [-0.2, 0) is 4.79 Å². The summed E-state index contributed by atoms with van der Waals surface area (Å²) in [4.78, 5) is 10.6. The zero-order valence-electron chi connectivity index (χ0n) is 19.2. The summed E-state index contributed by atoms with van der Waals surface area (Å²) in [6.45, 7) is 4.65. The molecule has 28 heavy (non-hydrogen) atoms. The van der Waals surface area contributed by atoms with Gasteiger partial charge in [-0.25, -0.2) is 0 Å². The second-order valence-electron chi connectivity index (χ2n) is 9.28. The van der Waals surface area contributed by atoms with Crippen molar-refractivity contribution in [3.05, 3.63) is 0 Å². The number of aliphatic carboxylic acids is 1. The summed E-state index contributed by atoms with van der Waals surface area (Å²) in [6, 6.07) is -0.667. The Kier molecular flexibility index (Phi) is 20.7. The van der Waals surface area contributed by atoms with E-state index in [4.69, 9.17) is 10.8 Å². The SMILES string of the molecule is CC(C)CCCCCCCCCCCCCCCCCCCCC(N)C(=O)O. The molecule has 0 spiro atoms. The molecule has 0 aromatic heterocycles. The number of unbranched alkanes of at least 4 members (excludes halogenated alkanes) is 17. The highest BCUT2D eigenvalue weighted by Crippen LogP contribution is 2.15. The fraction of sp³-hybridized carbons (Fsp3) is 0.960. The minimum absolute atomic E-state index is 0.619. The third kappa shape index (κ3) is 21.7. The van der Waals surface area contributed by atoms with Crippen molar-refractivity contribution in [2.75, 3.05) is 0 Å². The van der Waals surface area contributed by atoms with Crippen LogP contribution < -0.4 is 5.73 Å². The van der Waals surface area contributed by atoms with Crippen molar-refractivity contribution in [1.82, 2.24) is 0 Å². The molecule has 3 heteroatoms. The molecule has 0 saturated heterocycles. The molecule has 3 N–H and O–H groups in total. The van der Waals surface area contributed by atoms with Gasteiger partial charge in [0.15, 0.2) is 0 Å². The summed E-state index contributed by atoms with van der Waals surface area (Å²) in [5.41, 5.74) is 5.50. The molecule has 0 fully saturated rings. The zero-order chi connectivity index (χ0) is 20.9. The van der Waals surface area contributed by atoms with Crippen molar-refractivity contribution in [2.24, 2.45) is 11.7 Å². The van der Waals surface area contributed by atoms with E-state index >= 15 is 0 Å². The number of rotatable bonds is 22. The number of carbonyl (C=O) groups is 1. The van der Waals surface area contributed by atoms with Gasteiger partial charge in [0, 0.05) is 0 Å². The minimum atomic E-state index is -0.868. The summed E-state index contributed by atoms with van der Waals surface area (Å²) in [5, 5.41) is 8.72. The Bertz CT molecular complexity index is 331. The van der Waals surface area contributed by atoms with Gasteiger partial charge in [0.1, 0.15) is 6.04 Å². The predicted octanol–water partition coefficient (Wildman–Crippen LogP) is 7.86. The Balaban J connectivity index is 3.06. The van der Waals surface area contributed by atoms with Crippen molar-refractivity contribution < 1.29 is 9.90 Å². The standard InChI is InChI=1S/C25H51NO2/c1-23(2)21-19-17-15-13-11-9-7-5-3-4-6-8-10-12-14-16-18-20-22-24(26)25(27)28/h23-24H,3-22,26H2,1-2H3,(H,27,28). The average Bonchev–Trinajstić information content (AvgIpc) is 2.65. The van der Waals surface area contributed by atoms with Crippen LogP contribution in [-0.4, -0.2) is 17.1 Å². The summed E-state index contributed by atoms with van der Waals surface area (Å²) in [5.74, 6) is 0.00861. The molecule has 0 aliphatic heterocycles. The van der Waals surface area contributed by atoms with Gasteiger partial charge in [-0.3, -0.25) is 4.79 Å². The monoisotopic (exact) mass is 397 g/mol. The molecule has 0 saturated carbocycles. The van der Waals surface area contributed by atoms with Gasteiger partial charge in [-0.05, 0) is 12.3 Å². The Morgan fingerprint density at radius 3 is 1.07 bits per heavy atom. The lowest BCUT2D eigenvalue weighted by molar-refractivity contribution is -0.138. The molecule has 3 nitrogen and oxygen atoms in total. The van der Waals surface area contributed by atoms with Gasteiger partial charge in [-0.2, -0.15) is 0 Å². The molecule has 0 aliphatic rings. The first-order valence-electron chi connectivity index (χ1n) is 12.5. The Labute approximate surface area is 176 Å². The van der Waals surface area contributed by atoms with Gasteiger partial charge in [-0.15, -0.1) is 0 Å². The quantitative estimate of drug-likeness (QED) is 0.183. The van der Waals surface area contributed by atoms with E-state index in [1.807, 2.05) is 0 Å². The highest BCUT2D eigenvalue weighted by atomic mass is 16.4. The summed E-state index contributed by atoms with van der Waals surface area (Å²) >= 11 is 0. The molecule has 0 heterocycles. The fourth-order valence-corrected chi connectivity index (χ4v) is 3.87. The van der Waals surface area contributed by atoms with Crippen LogP contribution >= 0.6 is 0 Å². The molecule has 0 bridgehead atoms. The van der Waals surface area contributed by atoms with Crippen molar-refractivity contribution in [2.45, 2.75) is 148 Å². The van der Waals surface area contributed by atoms with Crippen LogP contribution in [0.15, 0.2) is 0 Å². The molecule has 0 amide bonds. The topological polar surface area (TPSA) is 63.3 Å². The van der Waals surface area contributed by atoms with Crippen molar-refractivity contribution >= 4 is 5.97 Å². The Morgan fingerprint density at radius 2 is 0.821 bits per heavy atom. The summed E-state index contributed by atoms with van der Waals surface area (Å²) in [6.07, 6.45) is 26.5. The molecular weight excluding hydrogens is 346 g/mol. The Morgan fingerprint density at radius 1 is 0.571 bits per heavy atom. The maximum atomic E-state index is 10.6. The molecular formula is C25H51NO2. The zero-order valence-corrected chi connectivity index (χ0v) is 19.2. The number of hydrogen-bond acceptors (Lipinski definition) is 2. The lowest BCUT2D eigenvalue weighted by atomic mass is 10.0. The molecule has 168 valence electrons. The highest BCUT2D eigenvalue weighted by molar-refractivity contribution is 5.72. The molecule has 0 radical (unpaired) electrons. The third-order valence-electron chi connectivity index (χ3n) is 5.86. The van der Waals surface area contributed by atoms with E-state index in [1.165, 1.54) is 109 Å². The average molecular weight is 398 g/mol. The van der Waals surface area contributed by atoms with E-state index in [0.29, 0.717) is 6.42 Å². The largest absolute Gasteiger partial charge is 0.480 e. The van der Waals surface area contributed by atoms with Crippen LogP contribution in [0.3, 0.4) is 0 Å². The molecule has 0 aromatic carbocycles. The van der Waals surface area contributed by atoms with E-state index in [9.17, 15) is 4.79 Å². The molecule has 1 atom stereocenters. The van der Waals surface area contributed by atoms with Crippen molar-refractivity contribution in [3.8, 4) is 0 Å². The summed E-state index contributed by atoms with van der Waals surface area (Å²) < 4.78 is 0. The lowest BCUT2D eigenvalue weighted by Gasteiger charge is -2.06. The van der Waals surface area contributed by atoms with E-state index in [1.54, 1.807) is 0 Å².